The van der Waals surface area contributed by atoms with Crippen molar-refractivity contribution in [2.24, 2.45) is 0 Å². The van der Waals surface area contributed by atoms with Gasteiger partial charge in [-0.3, -0.25) is 9.48 Å². The fourth-order valence-electron chi connectivity index (χ4n) is 3.90. The minimum Gasteiger partial charge on any atom is -0.350 e. The van der Waals surface area contributed by atoms with E-state index in [2.05, 4.69) is 20.5 Å². The van der Waals surface area contributed by atoms with E-state index in [9.17, 15) is 13.6 Å². The van der Waals surface area contributed by atoms with Gasteiger partial charge in [-0.25, -0.2) is 18.4 Å². The van der Waals surface area contributed by atoms with Crippen LogP contribution in [-0.2, 0) is 17.9 Å². The predicted molar refractivity (Wildman–Crippen MR) is 109 cm³/mol. The summed E-state index contributed by atoms with van der Waals surface area (Å²) in [6.07, 6.45) is -0.698. The monoisotopic (exact) mass is 416 g/mol. The normalized spacial score (nSPS) is 15.2. The molecule has 0 aliphatic heterocycles. The third kappa shape index (κ3) is 4.06. The second kappa shape index (κ2) is 7.77. The summed E-state index contributed by atoms with van der Waals surface area (Å²) >= 11 is 0. The maximum absolute atomic E-state index is 13.7. The number of carbonyl (C=O) groups is 1. The highest BCUT2D eigenvalue weighted by molar-refractivity contribution is 5.85. The van der Waals surface area contributed by atoms with E-state index in [1.807, 2.05) is 31.5 Å². The van der Waals surface area contributed by atoms with Gasteiger partial charge in [0, 0.05) is 28.9 Å². The Morgan fingerprint density at radius 2 is 1.93 bits per heavy atom. The molecule has 1 aliphatic carbocycles. The van der Waals surface area contributed by atoms with E-state index in [4.69, 9.17) is 0 Å². The number of rotatable bonds is 7. The molecular weight excluding hydrogens is 390 g/mol. The SMILES string of the molecule is Cc1cc(C)n(CC(C)NC(=O)Cn2nc(C)c3c(C(F)F)cc(C4CC4)nc32)n1. The van der Waals surface area contributed by atoms with Crippen molar-refractivity contribution in [3.8, 4) is 0 Å². The molecule has 7 nitrogen and oxygen atoms in total. The fourth-order valence-corrected chi connectivity index (χ4v) is 3.90. The second-order valence-corrected chi connectivity index (χ2v) is 8.23. The number of nitrogens with zero attached hydrogens (tertiary/aromatic N) is 5. The average Bonchev–Trinajstić information content (AvgIpc) is 3.40. The van der Waals surface area contributed by atoms with Gasteiger partial charge in [0.05, 0.1) is 23.3 Å². The molecule has 4 rings (SSSR count). The molecule has 3 aromatic heterocycles. The van der Waals surface area contributed by atoms with Crippen LogP contribution in [0.4, 0.5) is 8.78 Å². The number of pyridine rings is 1. The summed E-state index contributed by atoms with van der Waals surface area (Å²) in [6.45, 7) is 7.94. The zero-order chi connectivity index (χ0) is 21.6. The second-order valence-electron chi connectivity index (χ2n) is 8.23. The zero-order valence-electron chi connectivity index (χ0n) is 17.6. The summed E-state index contributed by atoms with van der Waals surface area (Å²) < 4.78 is 30.6. The van der Waals surface area contributed by atoms with Crippen molar-refractivity contribution in [3.63, 3.8) is 0 Å². The number of halogens is 2. The molecule has 0 aromatic carbocycles. The Bertz CT molecular complexity index is 1100. The van der Waals surface area contributed by atoms with Gasteiger partial charge in [0.1, 0.15) is 6.54 Å². The summed E-state index contributed by atoms with van der Waals surface area (Å²) in [5, 5.41) is 12.0. The minimum atomic E-state index is -2.61. The van der Waals surface area contributed by atoms with Crippen LogP contribution in [0.25, 0.3) is 11.0 Å². The molecular formula is C21H26F2N6O. The summed E-state index contributed by atoms with van der Waals surface area (Å²) in [6, 6.07) is 3.34. The van der Waals surface area contributed by atoms with Crippen LogP contribution in [0.2, 0.25) is 0 Å². The van der Waals surface area contributed by atoms with Gasteiger partial charge in [0.25, 0.3) is 6.43 Å². The highest BCUT2D eigenvalue weighted by Gasteiger charge is 2.29. The van der Waals surface area contributed by atoms with Crippen molar-refractivity contribution in [1.29, 1.82) is 0 Å². The van der Waals surface area contributed by atoms with Crippen molar-refractivity contribution in [2.45, 2.75) is 72.0 Å². The molecule has 0 spiro atoms. The molecule has 1 N–H and O–H groups in total. The van der Waals surface area contributed by atoms with E-state index in [1.54, 1.807) is 6.92 Å². The third-order valence-electron chi connectivity index (χ3n) is 5.41. The van der Waals surface area contributed by atoms with Crippen molar-refractivity contribution in [2.75, 3.05) is 0 Å². The maximum Gasteiger partial charge on any atom is 0.264 e. The molecule has 1 fully saturated rings. The highest BCUT2D eigenvalue weighted by Crippen LogP contribution is 2.41. The molecule has 1 amide bonds. The molecule has 30 heavy (non-hydrogen) atoms. The molecule has 9 heteroatoms. The largest absolute Gasteiger partial charge is 0.350 e. The highest BCUT2D eigenvalue weighted by atomic mass is 19.3. The van der Waals surface area contributed by atoms with E-state index < -0.39 is 6.43 Å². The number of nitrogens with one attached hydrogen (secondary N) is 1. The van der Waals surface area contributed by atoms with Gasteiger partial charge in [0.2, 0.25) is 5.91 Å². The fraction of sp³-hybridized carbons (Fsp3) is 0.524. The van der Waals surface area contributed by atoms with Crippen LogP contribution in [0.5, 0.6) is 0 Å². The smallest absolute Gasteiger partial charge is 0.264 e. The molecule has 160 valence electrons. The van der Waals surface area contributed by atoms with Gasteiger partial charge >= 0.3 is 0 Å². The van der Waals surface area contributed by atoms with E-state index in [0.717, 1.165) is 24.2 Å². The molecule has 1 saturated carbocycles. The molecule has 0 radical (unpaired) electrons. The number of alkyl halides is 2. The van der Waals surface area contributed by atoms with Gasteiger partial charge < -0.3 is 5.32 Å². The molecule has 1 aliphatic rings. The molecule has 0 bridgehead atoms. The average molecular weight is 416 g/mol. The summed E-state index contributed by atoms with van der Waals surface area (Å²) in [4.78, 5) is 17.2. The third-order valence-corrected chi connectivity index (χ3v) is 5.41. The molecule has 0 saturated heterocycles. The Morgan fingerprint density at radius 3 is 2.53 bits per heavy atom. The Balaban J connectivity index is 1.54. The predicted octanol–water partition coefficient (Wildman–Crippen LogP) is 3.57. The molecule has 1 unspecified atom stereocenters. The lowest BCUT2D eigenvalue weighted by Gasteiger charge is -2.15. The molecule has 3 heterocycles. The lowest BCUT2D eigenvalue weighted by Crippen LogP contribution is -2.38. The summed E-state index contributed by atoms with van der Waals surface area (Å²) in [7, 11) is 0. The Labute approximate surface area is 173 Å². The van der Waals surface area contributed by atoms with E-state index in [1.165, 1.54) is 10.7 Å². The lowest BCUT2D eigenvalue weighted by atomic mass is 10.1. The first-order valence-corrected chi connectivity index (χ1v) is 10.2. The van der Waals surface area contributed by atoms with Gasteiger partial charge in [-0.1, -0.05) is 0 Å². The van der Waals surface area contributed by atoms with Crippen molar-refractivity contribution >= 4 is 16.9 Å². The first-order chi connectivity index (χ1) is 14.2. The summed E-state index contributed by atoms with van der Waals surface area (Å²) in [5.41, 5.74) is 3.38. The molecule has 1 atom stereocenters. The lowest BCUT2D eigenvalue weighted by molar-refractivity contribution is -0.122. The van der Waals surface area contributed by atoms with Crippen molar-refractivity contribution in [1.82, 2.24) is 29.9 Å². The van der Waals surface area contributed by atoms with E-state index >= 15 is 0 Å². The Kier molecular flexibility index (Phi) is 5.29. The molecule has 3 aromatic rings. The van der Waals surface area contributed by atoms with Crippen molar-refractivity contribution < 1.29 is 13.6 Å². The minimum absolute atomic E-state index is 0.0519. The van der Waals surface area contributed by atoms with Crippen LogP contribution >= 0.6 is 0 Å². The van der Waals surface area contributed by atoms with E-state index in [0.29, 0.717) is 29.0 Å². The summed E-state index contributed by atoms with van der Waals surface area (Å²) in [5.74, 6) is -0.0178. The first kappa shape index (κ1) is 20.4. The van der Waals surface area contributed by atoms with Crippen LogP contribution in [0.3, 0.4) is 0 Å². The number of aromatic nitrogens is 5. The van der Waals surface area contributed by atoms with Gasteiger partial charge in [0.15, 0.2) is 5.65 Å². The number of hydrogen-bond donors (Lipinski definition) is 1. The van der Waals surface area contributed by atoms with Crippen LogP contribution in [0, 0.1) is 20.8 Å². The van der Waals surface area contributed by atoms with Gasteiger partial charge in [-0.05, 0) is 52.7 Å². The van der Waals surface area contributed by atoms with Crippen LogP contribution < -0.4 is 5.32 Å². The van der Waals surface area contributed by atoms with Crippen molar-refractivity contribution in [3.05, 3.63) is 40.5 Å². The van der Waals surface area contributed by atoms with Gasteiger partial charge in [-0.15, -0.1) is 0 Å². The van der Waals surface area contributed by atoms with Gasteiger partial charge in [-0.2, -0.15) is 10.2 Å². The van der Waals surface area contributed by atoms with E-state index in [-0.39, 0.29) is 30.0 Å². The number of aryl methyl sites for hydroxylation is 3. The number of carbonyl (C=O) groups excluding carboxylic acids is 1. The number of hydrogen-bond acceptors (Lipinski definition) is 4. The Morgan fingerprint density at radius 1 is 1.20 bits per heavy atom. The topological polar surface area (TPSA) is 77.6 Å². The van der Waals surface area contributed by atoms with Crippen LogP contribution in [0.1, 0.15) is 60.4 Å². The van der Waals surface area contributed by atoms with Crippen LogP contribution in [-0.4, -0.2) is 36.5 Å². The first-order valence-electron chi connectivity index (χ1n) is 10.2. The quantitative estimate of drug-likeness (QED) is 0.639. The Hall–Kier alpha value is -2.84. The standard InChI is InChI=1S/C21H26F2N6O/c1-11-7-13(3)28(26-11)9-12(2)24-18(30)10-29-21-19(14(4)27-29)16(20(22)23)8-17(25-21)15-5-6-15/h7-8,12,15,20H,5-6,9-10H2,1-4H3,(H,24,30). The number of amides is 1. The number of fused-ring (bicyclic) bond motifs is 1. The van der Waals surface area contributed by atoms with Crippen LogP contribution in [0.15, 0.2) is 12.1 Å². The maximum atomic E-state index is 13.7. The zero-order valence-corrected chi connectivity index (χ0v) is 17.6.